The zero-order chi connectivity index (χ0) is 14.4. The molecule has 4 heteroatoms. The Balaban J connectivity index is 2.18. The minimum absolute atomic E-state index is 0.230. The van der Waals surface area contributed by atoms with Crippen molar-refractivity contribution in [2.75, 3.05) is 11.9 Å². The van der Waals surface area contributed by atoms with E-state index in [0.29, 0.717) is 17.9 Å². The highest BCUT2D eigenvalue weighted by Crippen LogP contribution is 2.12. The fourth-order valence-electron chi connectivity index (χ4n) is 1.74. The summed E-state index contributed by atoms with van der Waals surface area (Å²) in [5.41, 5.74) is 8.09. The number of aryl methyl sites for hydroxylation is 1. The summed E-state index contributed by atoms with van der Waals surface area (Å²) < 4.78 is 0. The molecule has 0 saturated heterocycles. The molecule has 2 aromatic rings. The topological polar surface area (TPSA) is 68.0 Å². The largest absolute Gasteiger partial charge is 0.321 e. The third kappa shape index (κ3) is 3.44. The van der Waals surface area contributed by atoms with Crippen LogP contribution < -0.4 is 11.1 Å². The number of amides is 1. The first-order valence-corrected chi connectivity index (χ1v) is 6.22. The van der Waals surface area contributed by atoms with Crippen molar-refractivity contribution in [2.24, 2.45) is 5.73 Å². The molecule has 0 atom stereocenters. The molecule has 1 aromatic heterocycles. The van der Waals surface area contributed by atoms with Gasteiger partial charge in [0.05, 0.1) is 6.54 Å². The highest BCUT2D eigenvalue weighted by molar-refractivity contribution is 6.03. The van der Waals surface area contributed by atoms with Gasteiger partial charge in [0.2, 0.25) is 0 Å². The van der Waals surface area contributed by atoms with Gasteiger partial charge in [-0.3, -0.25) is 9.78 Å². The van der Waals surface area contributed by atoms with Gasteiger partial charge in [-0.05, 0) is 36.8 Å². The van der Waals surface area contributed by atoms with Crippen LogP contribution in [-0.4, -0.2) is 17.4 Å². The van der Waals surface area contributed by atoms with Crippen LogP contribution in [0.2, 0.25) is 0 Å². The molecule has 0 fully saturated rings. The van der Waals surface area contributed by atoms with E-state index in [4.69, 9.17) is 5.73 Å². The lowest BCUT2D eigenvalue weighted by atomic mass is 10.2. The summed E-state index contributed by atoms with van der Waals surface area (Å²) in [5, 5.41) is 2.82. The molecule has 0 unspecified atom stereocenters. The summed E-state index contributed by atoms with van der Waals surface area (Å²) in [6, 6.07) is 11.0. The van der Waals surface area contributed by atoms with Crippen molar-refractivity contribution in [1.29, 1.82) is 0 Å². The van der Waals surface area contributed by atoms with Crippen molar-refractivity contribution in [3.8, 4) is 11.8 Å². The van der Waals surface area contributed by atoms with E-state index in [-0.39, 0.29) is 5.91 Å². The van der Waals surface area contributed by atoms with Crippen LogP contribution in [0, 0.1) is 18.8 Å². The van der Waals surface area contributed by atoms with E-state index in [1.54, 1.807) is 18.3 Å². The Labute approximate surface area is 118 Å². The number of hydrogen-bond donors (Lipinski definition) is 2. The van der Waals surface area contributed by atoms with Crippen LogP contribution in [0.5, 0.6) is 0 Å². The van der Waals surface area contributed by atoms with Crippen LogP contribution >= 0.6 is 0 Å². The zero-order valence-electron chi connectivity index (χ0n) is 11.2. The van der Waals surface area contributed by atoms with E-state index in [1.165, 1.54) is 0 Å². The van der Waals surface area contributed by atoms with Gasteiger partial charge < -0.3 is 11.1 Å². The number of nitrogens with zero attached hydrogens (tertiary/aromatic N) is 1. The number of rotatable bonds is 2. The van der Waals surface area contributed by atoms with Crippen molar-refractivity contribution in [1.82, 2.24) is 4.98 Å². The third-order valence-corrected chi connectivity index (χ3v) is 2.68. The second-order valence-electron chi connectivity index (χ2n) is 4.21. The lowest BCUT2D eigenvalue weighted by Crippen LogP contribution is -2.15. The first kappa shape index (κ1) is 13.8. The van der Waals surface area contributed by atoms with E-state index in [9.17, 15) is 4.79 Å². The van der Waals surface area contributed by atoms with Crippen molar-refractivity contribution in [3.05, 3.63) is 59.4 Å². The van der Waals surface area contributed by atoms with Crippen molar-refractivity contribution < 1.29 is 4.79 Å². The van der Waals surface area contributed by atoms with E-state index in [0.717, 1.165) is 11.1 Å². The Morgan fingerprint density at radius 3 is 2.95 bits per heavy atom. The standard InChI is InChI=1S/C16H15N3O/c1-12-5-4-10-18-15(12)16(20)19-14-8-2-6-13(11-14)7-3-9-17/h2,4-6,8,10-11H,9,17H2,1H3,(H,19,20). The number of nitrogens with one attached hydrogen (secondary N) is 1. The summed E-state index contributed by atoms with van der Waals surface area (Å²) in [6.07, 6.45) is 1.60. The molecule has 1 aromatic carbocycles. The zero-order valence-corrected chi connectivity index (χ0v) is 11.2. The molecular weight excluding hydrogens is 250 g/mol. The average Bonchev–Trinajstić information content (AvgIpc) is 2.46. The third-order valence-electron chi connectivity index (χ3n) is 2.68. The minimum atomic E-state index is -0.230. The molecule has 0 spiro atoms. The predicted molar refractivity (Wildman–Crippen MR) is 79.3 cm³/mol. The number of carbonyl (C=O) groups is 1. The number of nitrogens with two attached hydrogens (primary N) is 1. The van der Waals surface area contributed by atoms with Gasteiger partial charge in [0.25, 0.3) is 5.91 Å². The first-order valence-electron chi connectivity index (χ1n) is 6.22. The number of pyridine rings is 1. The fraction of sp³-hybridized carbons (Fsp3) is 0.125. The molecule has 1 amide bonds. The molecule has 20 heavy (non-hydrogen) atoms. The molecule has 0 aliphatic carbocycles. The van der Waals surface area contributed by atoms with Gasteiger partial charge in [-0.1, -0.05) is 24.0 Å². The Morgan fingerprint density at radius 2 is 2.20 bits per heavy atom. The Hall–Kier alpha value is -2.64. The Kier molecular flexibility index (Phi) is 4.48. The van der Waals surface area contributed by atoms with E-state index >= 15 is 0 Å². The molecule has 100 valence electrons. The summed E-state index contributed by atoms with van der Waals surface area (Å²) in [7, 11) is 0. The van der Waals surface area contributed by atoms with E-state index in [1.807, 2.05) is 31.2 Å². The molecule has 0 bridgehead atoms. The number of hydrogen-bond acceptors (Lipinski definition) is 3. The van der Waals surface area contributed by atoms with Gasteiger partial charge in [0.15, 0.2) is 0 Å². The fourth-order valence-corrected chi connectivity index (χ4v) is 1.74. The number of benzene rings is 1. The quantitative estimate of drug-likeness (QED) is 0.815. The summed E-state index contributed by atoms with van der Waals surface area (Å²) in [4.78, 5) is 16.2. The Bertz CT molecular complexity index is 683. The normalized spacial score (nSPS) is 9.50. The molecule has 0 aliphatic heterocycles. The van der Waals surface area contributed by atoms with E-state index in [2.05, 4.69) is 22.1 Å². The van der Waals surface area contributed by atoms with Gasteiger partial charge in [-0.2, -0.15) is 0 Å². The van der Waals surface area contributed by atoms with Gasteiger partial charge in [0, 0.05) is 17.4 Å². The van der Waals surface area contributed by atoms with Gasteiger partial charge in [-0.25, -0.2) is 0 Å². The summed E-state index contributed by atoms with van der Waals surface area (Å²) in [6.45, 7) is 2.16. The number of carbonyl (C=O) groups excluding carboxylic acids is 1. The first-order chi connectivity index (χ1) is 9.70. The Morgan fingerprint density at radius 1 is 1.35 bits per heavy atom. The molecular formula is C16H15N3O. The molecule has 2 rings (SSSR count). The van der Waals surface area contributed by atoms with Gasteiger partial charge >= 0.3 is 0 Å². The van der Waals surface area contributed by atoms with Crippen molar-refractivity contribution >= 4 is 11.6 Å². The highest BCUT2D eigenvalue weighted by atomic mass is 16.1. The van der Waals surface area contributed by atoms with Crippen molar-refractivity contribution in [2.45, 2.75) is 6.92 Å². The minimum Gasteiger partial charge on any atom is -0.321 e. The average molecular weight is 265 g/mol. The lowest BCUT2D eigenvalue weighted by Gasteiger charge is -2.06. The lowest BCUT2D eigenvalue weighted by molar-refractivity contribution is 0.102. The van der Waals surface area contributed by atoms with Crippen LogP contribution in [0.25, 0.3) is 0 Å². The number of anilines is 1. The van der Waals surface area contributed by atoms with Crippen LogP contribution in [0.1, 0.15) is 21.6 Å². The second kappa shape index (κ2) is 6.50. The maximum absolute atomic E-state index is 12.1. The van der Waals surface area contributed by atoms with E-state index < -0.39 is 0 Å². The van der Waals surface area contributed by atoms with Crippen molar-refractivity contribution in [3.63, 3.8) is 0 Å². The van der Waals surface area contributed by atoms with Gasteiger partial charge in [0.1, 0.15) is 5.69 Å². The summed E-state index contributed by atoms with van der Waals surface area (Å²) in [5.74, 6) is 5.48. The second-order valence-corrected chi connectivity index (χ2v) is 4.21. The van der Waals surface area contributed by atoms with Crippen LogP contribution in [0.15, 0.2) is 42.6 Å². The highest BCUT2D eigenvalue weighted by Gasteiger charge is 2.10. The monoisotopic (exact) mass is 265 g/mol. The predicted octanol–water partition coefficient (Wildman–Crippen LogP) is 1.95. The van der Waals surface area contributed by atoms with Crippen LogP contribution in [-0.2, 0) is 0 Å². The van der Waals surface area contributed by atoms with Crippen LogP contribution in [0.4, 0.5) is 5.69 Å². The molecule has 0 radical (unpaired) electrons. The van der Waals surface area contributed by atoms with Crippen LogP contribution in [0.3, 0.4) is 0 Å². The SMILES string of the molecule is Cc1cccnc1C(=O)Nc1cccc(C#CCN)c1. The maximum atomic E-state index is 12.1. The summed E-state index contributed by atoms with van der Waals surface area (Å²) >= 11 is 0. The maximum Gasteiger partial charge on any atom is 0.274 e. The smallest absolute Gasteiger partial charge is 0.274 e. The number of aromatic nitrogens is 1. The molecule has 4 nitrogen and oxygen atoms in total. The molecule has 1 heterocycles. The molecule has 3 N–H and O–H groups in total. The molecule has 0 saturated carbocycles. The van der Waals surface area contributed by atoms with Gasteiger partial charge in [-0.15, -0.1) is 0 Å². The molecule has 0 aliphatic rings.